The molecule has 0 aromatic heterocycles. The zero-order valence-electron chi connectivity index (χ0n) is 13.5. The standard InChI is InChI=1S/C19H18ClN3O/c1-12(20)19(24)23-18-17(14-8-4-3-5-9-14)13(2)21-15-10-6-7-11-16(15)22-18/h3-12,17H,1-2H3,(H,22,23,24)/t12-,17+/m1/s1. The molecule has 0 saturated carbocycles. The second kappa shape index (κ2) is 6.97. The molecule has 3 rings (SSSR count). The first-order chi connectivity index (χ1) is 11.6. The number of aliphatic imine (C=N–C) groups is 2. The van der Waals surface area contributed by atoms with Crippen LogP contribution < -0.4 is 5.32 Å². The van der Waals surface area contributed by atoms with E-state index in [9.17, 15) is 4.79 Å². The third kappa shape index (κ3) is 3.39. The lowest BCUT2D eigenvalue weighted by atomic mass is 9.93. The van der Waals surface area contributed by atoms with Gasteiger partial charge in [-0.15, -0.1) is 11.6 Å². The smallest absolute Gasteiger partial charge is 0.243 e. The van der Waals surface area contributed by atoms with Crippen molar-refractivity contribution < 1.29 is 4.79 Å². The SMILES string of the molecule is CC1=Nc2ccccc2N=C(NC(=O)[C@@H](C)Cl)[C@@H]1c1ccccc1. The van der Waals surface area contributed by atoms with Gasteiger partial charge >= 0.3 is 0 Å². The number of hydrogen-bond acceptors (Lipinski definition) is 3. The summed E-state index contributed by atoms with van der Waals surface area (Å²) in [6.07, 6.45) is 0. The molecule has 1 aliphatic heterocycles. The molecular weight excluding hydrogens is 322 g/mol. The molecule has 0 bridgehead atoms. The fourth-order valence-corrected chi connectivity index (χ4v) is 2.72. The van der Waals surface area contributed by atoms with Gasteiger partial charge in [-0.1, -0.05) is 42.5 Å². The zero-order chi connectivity index (χ0) is 17.1. The van der Waals surface area contributed by atoms with Crippen LogP contribution in [-0.4, -0.2) is 22.8 Å². The summed E-state index contributed by atoms with van der Waals surface area (Å²) in [6, 6.07) is 17.5. The van der Waals surface area contributed by atoms with Crippen molar-refractivity contribution in [1.29, 1.82) is 0 Å². The van der Waals surface area contributed by atoms with Crippen LogP contribution in [0.1, 0.15) is 25.3 Å². The molecule has 0 spiro atoms. The number of para-hydroxylation sites is 2. The highest BCUT2D eigenvalue weighted by atomic mass is 35.5. The third-order valence-electron chi connectivity index (χ3n) is 3.86. The number of halogens is 1. The molecule has 0 unspecified atom stereocenters. The van der Waals surface area contributed by atoms with Crippen molar-refractivity contribution in [3.63, 3.8) is 0 Å². The molecule has 1 N–H and O–H groups in total. The first kappa shape index (κ1) is 16.4. The molecule has 0 aliphatic carbocycles. The molecule has 2 aromatic rings. The van der Waals surface area contributed by atoms with Crippen molar-refractivity contribution in [2.45, 2.75) is 25.1 Å². The van der Waals surface area contributed by atoms with Crippen LogP contribution in [0.2, 0.25) is 0 Å². The highest BCUT2D eigenvalue weighted by molar-refractivity contribution is 6.32. The molecule has 4 nitrogen and oxygen atoms in total. The summed E-state index contributed by atoms with van der Waals surface area (Å²) in [6.45, 7) is 3.59. The number of amidine groups is 1. The summed E-state index contributed by atoms with van der Waals surface area (Å²) in [5.41, 5.74) is 3.41. The maximum atomic E-state index is 12.2. The van der Waals surface area contributed by atoms with Gasteiger partial charge in [-0.2, -0.15) is 0 Å². The van der Waals surface area contributed by atoms with E-state index in [2.05, 4.69) is 10.3 Å². The average Bonchev–Trinajstić information content (AvgIpc) is 2.70. The first-order valence-electron chi connectivity index (χ1n) is 7.79. The minimum absolute atomic E-state index is 0.224. The molecule has 0 saturated heterocycles. The summed E-state index contributed by atoms with van der Waals surface area (Å²) in [5, 5.41) is 2.24. The fraction of sp³-hybridized carbons (Fsp3) is 0.211. The van der Waals surface area contributed by atoms with E-state index in [1.54, 1.807) is 6.92 Å². The van der Waals surface area contributed by atoms with Crippen LogP contribution in [-0.2, 0) is 4.79 Å². The predicted molar refractivity (Wildman–Crippen MR) is 98.9 cm³/mol. The summed E-state index contributed by atoms with van der Waals surface area (Å²) >= 11 is 5.92. The van der Waals surface area contributed by atoms with Crippen molar-refractivity contribution in [3.8, 4) is 0 Å². The molecule has 0 radical (unpaired) electrons. The van der Waals surface area contributed by atoms with Gasteiger partial charge < -0.3 is 5.32 Å². The van der Waals surface area contributed by atoms with Crippen molar-refractivity contribution in [3.05, 3.63) is 60.2 Å². The van der Waals surface area contributed by atoms with Crippen molar-refractivity contribution >= 4 is 40.4 Å². The topological polar surface area (TPSA) is 53.8 Å². The number of rotatable bonds is 2. The average molecular weight is 340 g/mol. The number of carbonyl (C=O) groups excluding carboxylic acids is 1. The predicted octanol–water partition coefficient (Wildman–Crippen LogP) is 4.35. The second-order valence-electron chi connectivity index (χ2n) is 5.69. The Labute approximate surface area is 146 Å². The van der Waals surface area contributed by atoms with Gasteiger partial charge in [-0.25, -0.2) is 4.99 Å². The summed E-state index contributed by atoms with van der Waals surface area (Å²) in [7, 11) is 0. The molecule has 1 amide bonds. The number of nitrogens with one attached hydrogen (secondary N) is 1. The Morgan fingerprint density at radius 3 is 2.25 bits per heavy atom. The van der Waals surface area contributed by atoms with E-state index in [1.807, 2.05) is 61.5 Å². The van der Waals surface area contributed by atoms with Crippen LogP contribution in [0.15, 0.2) is 64.6 Å². The third-order valence-corrected chi connectivity index (χ3v) is 4.05. The van der Waals surface area contributed by atoms with E-state index >= 15 is 0 Å². The van der Waals surface area contributed by atoms with Gasteiger partial charge in [-0.05, 0) is 31.5 Å². The maximum absolute atomic E-state index is 12.2. The number of amides is 1. The van der Waals surface area contributed by atoms with Crippen LogP contribution in [0.3, 0.4) is 0 Å². The van der Waals surface area contributed by atoms with Gasteiger partial charge in [0.15, 0.2) is 0 Å². The molecule has 0 fully saturated rings. The zero-order valence-corrected chi connectivity index (χ0v) is 14.3. The number of hydrogen-bond donors (Lipinski definition) is 1. The van der Waals surface area contributed by atoms with Gasteiger partial charge in [0.05, 0.1) is 17.3 Å². The van der Waals surface area contributed by atoms with E-state index in [-0.39, 0.29) is 11.8 Å². The monoisotopic (exact) mass is 339 g/mol. The molecule has 1 heterocycles. The van der Waals surface area contributed by atoms with Gasteiger partial charge in [0, 0.05) is 5.71 Å². The molecule has 122 valence electrons. The lowest BCUT2D eigenvalue weighted by Crippen LogP contribution is -2.40. The van der Waals surface area contributed by atoms with E-state index in [0.717, 1.165) is 22.6 Å². The normalized spacial score (nSPS) is 17.9. The van der Waals surface area contributed by atoms with Crippen LogP contribution in [0.25, 0.3) is 0 Å². The summed E-state index contributed by atoms with van der Waals surface area (Å²) in [4.78, 5) is 21.6. The fourth-order valence-electron chi connectivity index (χ4n) is 2.67. The van der Waals surface area contributed by atoms with Crippen LogP contribution in [0, 0.1) is 0 Å². The minimum Gasteiger partial charge on any atom is -0.312 e. The van der Waals surface area contributed by atoms with Gasteiger partial charge in [0.2, 0.25) is 5.91 Å². The summed E-state index contributed by atoms with van der Waals surface area (Å²) in [5.74, 6) is 0.0476. The largest absolute Gasteiger partial charge is 0.312 e. The van der Waals surface area contributed by atoms with E-state index < -0.39 is 5.38 Å². The Kier molecular flexibility index (Phi) is 4.76. The molecule has 2 aromatic carbocycles. The number of nitrogens with zero attached hydrogens (tertiary/aromatic N) is 2. The van der Waals surface area contributed by atoms with Gasteiger partial charge in [-0.3, -0.25) is 9.79 Å². The highest BCUT2D eigenvalue weighted by Crippen LogP contribution is 2.34. The maximum Gasteiger partial charge on any atom is 0.243 e. The van der Waals surface area contributed by atoms with Crippen molar-refractivity contribution in [2.75, 3.05) is 0 Å². The lowest BCUT2D eigenvalue weighted by molar-refractivity contribution is -0.119. The lowest BCUT2D eigenvalue weighted by Gasteiger charge is -2.19. The van der Waals surface area contributed by atoms with Crippen LogP contribution in [0.4, 0.5) is 11.4 Å². The van der Waals surface area contributed by atoms with E-state index in [1.165, 1.54) is 0 Å². The van der Waals surface area contributed by atoms with E-state index in [0.29, 0.717) is 5.84 Å². The van der Waals surface area contributed by atoms with Gasteiger partial charge in [0.1, 0.15) is 11.2 Å². The van der Waals surface area contributed by atoms with E-state index in [4.69, 9.17) is 16.6 Å². The molecule has 24 heavy (non-hydrogen) atoms. The number of fused-ring (bicyclic) bond motifs is 1. The van der Waals surface area contributed by atoms with Crippen molar-refractivity contribution in [2.24, 2.45) is 9.98 Å². The molecule has 2 atom stereocenters. The molecule has 1 aliphatic rings. The van der Waals surface area contributed by atoms with Crippen molar-refractivity contribution in [1.82, 2.24) is 5.32 Å². The molecular formula is C19H18ClN3O. The first-order valence-corrected chi connectivity index (χ1v) is 8.22. The Balaban J connectivity index is 2.12. The Bertz CT molecular complexity index is 812. The highest BCUT2D eigenvalue weighted by Gasteiger charge is 2.27. The Morgan fingerprint density at radius 1 is 1.04 bits per heavy atom. The second-order valence-corrected chi connectivity index (χ2v) is 6.34. The van der Waals surface area contributed by atoms with Crippen LogP contribution >= 0.6 is 11.6 Å². The Morgan fingerprint density at radius 2 is 1.62 bits per heavy atom. The van der Waals surface area contributed by atoms with Crippen LogP contribution in [0.5, 0.6) is 0 Å². The minimum atomic E-state index is -0.639. The number of benzene rings is 2. The summed E-state index contributed by atoms with van der Waals surface area (Å²) < 4.78 is 0. The number of carbonyl (C=O) groups is 1. The van der Waals surface area contributed by atoms with Gasteiger partial charge in [0.25, 0.3) is 0 Å². The quantitative estimate of drug-likeness (QED) is 0.812. The Hall–Kier alpha value is -2.46. The number of alkyl halides is 1. The molecule has 5 heteroatoms.